The van der Waals surface area contributed by atoms with Gasteiger partial charge in [-0.3, -0.25) is 4.79 Å². The second-order valence-corrected chi connectivity index (χ2v) is 2.90. The highest BCUT2D eigenvalue weighted by Crippen LogP contribution is 2.11. The van der Waals surface area contributed by atoms with Crippen molar-refractivity contribution < 1.29 is 9.90 Å². The lowest BCUT2D eigenvalue weighted by atomic mass is 10.4. The molecule has 0 aliphatic carbocycles. The molecule has 6 heteroatoms. The van der Waals surface area contributed by atoms with Gasteiger partial charge in [0.2, 0.25) is 0 Å². The number of rotatable bonds is 2. The van der Waals surface area contributed by atoms with Crippen molar-refractivity contribution in [1.82, 2.24) is 19.5 Å². The molecule has 14 heavy (non-hydrogen) atoms. The van der Waals surface area contributed by atoms with E-state index in [4.69, 9.17) is 5.11 Å². The van der Waals surface area contributed by atoms with Crippen molar-refractivity contribution in [2.45, 2.75) is 13.5 Å². The van der Waals surface area contributed by atoms with Gasteiger partial charge in [0.1, 0.15) is 18.4 Å². The zero-order valence-corrected chi connectivity index (χ0v) is 7.51. The molecule has 0 aromatic carbocycles. The molecule has 0 atom stereocenters. The van der Waals surface area contributed by atoms with Gasteiger partial charge in [-0.05, 0) is 6.92 Å². The normalized spacial score (nSPS) is 10.6. The van der Waals surface area contributed by atoms with Crippen LogP contribution < -0.4 is 0 Å². The maximum absolute atomic E-state index is 10.5. The third kappa shape index (κ3) is 1.30. The van der Waals surface area contributed by atoms with E-state index in [1.807, 2.05) is 6.92 Å². The Labute approximate surface area is 79.2 Å². The van der Waals surface area contributed by atoms with Crippen LogP contribution in [0.1, 0.15) is 5.69 Å². The third-order valence-corrected chi connectivity index (χ3v) is 1.89. The fourth-order valence-corrected chi connectivity index (χ4v) is 1.26. The highest BCUT2D eigenvalue weighted by Gasteiger charge is 2.08. The van der Waals surface area contributed by atoms with Crippen LogP contribution in [-0.2, 0) is 11.3 Å². The van der Waals surface area contributed by atoms with Crippen LogP contribution in [0.25, 0.3) is 11.2 Å². The van der Waals surface area contributed by atoms with Gasteiger partial charge in [0, 0.05) is 0 Å². The van der Waals surface area contributed by atoms with Gasteiger partial charge in [-0.1, -0.05) is 0 Å². The third-order valence-electron chi connectivity index (χ3n) is 1.89. The quantitative estimate of drug-likeness (QED) is 0.736. The molecule has 0 saturated carbocycles. The molecule has 0 fully saturated rings. The molecule has 0 aliphatic heterocycles. The van der Waals surface area contributed by atoms with Crippen LogP contribution in [0.5, 0.6) is 0 Å². The smallest absolute Gasteiger partial charge is 0.323 e. The number of hydrogen-bond acceptors (Lipinski definition) is 4. The Balaban J connectivity index is 2.58. The predicted octanol–water partition coefficient (Wildman–Crippen LogP) is 0.219. The highest BCUT2D eigenvalue weighted by molar-refractivity contribution is 5.75. The largest absolute Gasteiger partial charge is 0.480 e. The number of aryl methyl sites for hydroxylation is 1. The minimum Gasteiger partial charge on any atom is -0.480 e. The lowest BCUT2D eigenvalue weighted by Crippen LogP contribution is -2.08. The summed E-state index contributed by atoms with van der Waals surface area (Å²) < 4.78 is 1.48. The molecule has 2 heterocycles. The monoisotopic (exact) mass is 192 g/mol. The summed E-state index contributed by atoms with van der Waals surface area (Å²) in [6.45, 7) is 1.68. The number of carbonyl (C=O) groups is 1. The number of hydrogen-bond donors (Lipinski definition) is 1. The number of fused-ring (bicyclic) bond motifs is 1. The molecule has 72 valence electrons. The van der Waals surface area contributed by atoms with Crippen molar-refractivity contribution in [3.63, 3.8) is 0 Å². The van der Waals surface area contributed by atoms with E-state index in [-0.39, 0.29) is 6.54 Å². The SMILES string of the molecule is Cc1ncnc2c1ncn2CC(=O)O. The van der Waals surface area contributed by atoms with E-state index >= 15 is 0 Å². The van der Waals surface area contributed by atoms with Gasteiger partial charge in [-0.15, -0.1) is 0 Å². The summed E-state index contributed by atoms with van der Waals surface area (Å²) in [4.78, 5) is 22.5. The molecular weight excluding hydrogens is 184 g/mol. The Kier molecular flexibility index (Phi) is 1.88. The number of carboxylic acids is 1. The van der Waals surface area contributed by atoms with Gasteiger partial charge in [0.25, 0.3) is 0 Å². The summed E-state index contributed by atoms with van der Waals surface area (Å²) in [5.41, 5.74) is 1.95. The lowest BCUT2D eigenvalue weighted by Gasteiger charge is -1.98. The Bertz CT molecular complexity index is 491. The Morgan fingerprint density at radius 2 is 2.29 bits per heavy atom. The van der Waals surface area contributed by atoms with Crippen LogP contribution in [0.2, 0.25) is 0 Å². The molecule has 2 rings (SSSR count). The van der Waals surface area contributed by atoms with Crippen molar-refractivity contribution in [2.75, 3.05) is 0 Å². The van der Waals surface area contributed by atoms with Crippen LogP contribution in [-0.4, -0.2) is 30.6 Å². The highest BCUT2D eigenvalue weighted by atomic mass is 16.4. The summed E-state index contributed by atoms with van der Waals surface area (Å²) in [6, 6.07) is 0. The number of aliphatic carboxylic acids is 1. The molecule has 0 unspecified atom stereocenters. The first-order chi connectivity index (χ1) is 6.68. The standard InChI is InChI=1S/C8H8N4O2/c1-5-7-8(10-3-9-5)12(4-11-7)2-6(13)14/h3-4H,2H2,1H3,(H,13,14). The molecular formula is C8H8N4O2. The van der Waals surface area contributed by atoms with Crippen LogP contribution in [0.15, 0.2) is 12.7 Å². The van der Waals surface area contributed by atoms with Crippen molar-refractivity contribution in [1.29, 1.82) is 0 Å². The second-order valence-electron chi connectivity index (χ2n) is 2.90. The van der Waals surface area contributed by atoms with Gasteiger partial charge >= 0.3 is 5.97 Å². The summed E-state index contributed by atoms with van der Waals surface area (Å²) in [6.07, 6.45) is 2.86. The molecule has 6 nitrogen and oxygen atoms in total. The van der Waals surface area contributed by atoms with Gasteiger partial charge in [-0.25, -0.2) is 15.0 Å². The minimum absolute atomic E-state index is 0.132. The second kappa shape index (κ2) is 3.06. The van der Waals surface area contributed by atoms with Crippen molar-refractivity contribution in [3.05, 3.63) is 18.3 Å². The van der Waals surface area contributed by atoms with E-state index in [1.165, 1.54) is 17.2 Å². The molecule has 0 spiro atoms. The van der Waals surface area contributed by atoms with Gasteiger partial charge in [-0.2, -0.15) is 0 Å². The van der Waals surface area contributed by atoms with Crippen LogP contribution in [0.4, 0.5) is 0 Å². The lowest BCUT2D eigenvalue weighted by molar-refractivity contribution is -0.137. The van der Waals surface area contributed by atoms with E-state index in [0.29, 0.717) is 11.2 Å². The van der Waals surface area contributed by atoms with Crippen LogP contribution in [0.3, 0.4) is 0 Å². The predicted molar refractivity (Wildman–Crippen MR) is 47.7 cm³/mol. The van der Waals surface area contributed by atoms with Gasteiger partial charge in [0.15, 0.2) is 5.65 Å². The summed E-state index contributed by atoms with van der Waals surface area (Å²) >= 11 is 0. The van der Waals surface area contributed by atoms with E-state index in [9.17, 15) is 4.79 Å². The fourth-order valence-electron chi connectivity index (χ4n) is 1.26. The van der Waals surface area contributed by atoms with Gasteiger partial charge in [0.05, 0.1) is 12.0 Å². The molecule has 1 N–H and O–H groups in total. The summed E-state index contributed by atoms with van der Waals surface area (Å²) in [5, 5.41) is 8.62. The maximum atomic E-state index is 10.5. The molecule has 2 aromatic heterocycles. The Morgan fingerprint density at radius 3 is 3.00 bits per heavy atom. The zero-order valence-electron chi connectivity index (χ0n) is 7.51. The van der Waals surface area contributed by atoms with Crippen LogP contribution in [0, 0.1) is 6.92 Å². The Hall–Kier alpha value is -1.98. The topological polar surface area (TPSA) is 80.9 Å². The number of carboxylic acid groups (broad SMARTS) is 1. The summed E-state index contributed by atoms with van der Waals surface area (Å²) in [7, 11) is 0. The Morgan fingerprint density at radius 1 is 1.50 bits per heavy atom. The fraction of sp³-hybridized carbons (Fsp3) is 0.250. The molecule has 0 aliphatic rings. The molecule has 0 saturated heterocycles. The molecule has 2 aromatic rings. The van der Waals surface area contributed by atoms with Crippen molar-refractivity contribution in [3.8, 4) is 0 Å². The van der Waals surface area contributed by atoms with Crippen molar-refractivity contribution in [2.24, 2.45) is 0 Å². The van der Waals surface area contributed by atoms with E-state index in [1.54, 1.807) is 0 Å². The average Bonchev–Trinajstić information content (AvgIpc) is 2.49. The average molecular weight is 192 g/mol. The number of imidazole rings is 1. The zero-order chi connectivity index (χ0) is 10.1. The van der Waals surface area contributed by atoms with Crippen molar-refractivity contribution >= 4 is 17.1 Å². The molecule has 0 bridgehead atoms. The first-order valence-corrected chi connectivity index (χ1v) is 4.02. The van der Waals surface area contributed by atoms with E-state index in [0.717, 1.165) is 5.69 Å². The molecule has 0 radical (unpaired) electrons. The number of nitrogens with zero attached hydrogens (tertiary/aromatic N) is 4. The number of aromatic nitrogens is 4. The van der Waals surface area contributed by atoms with E-state index < -0.39 is 5.97 Å². The minimum atomic E-state index is -0.916. The van der Waals surface area contributed by atoms with E-state index in [2.05, 4.69) is 15.0 Å². The van der Waals surface area contributed by atoms with Crippen LogP contribution >= 0.6 is 0 Å². The summed E-state index contributed by atoms with van der Waals surface area (Å²) in [5.74, 6) is -0.916. The maximum Gasteiger partial charge on any atom is 0.323 e. The first-order valence-electron chi connectivity index (χ1n) is 4.02. The molecule has 0 amide bonds. The van der Waals surface area contributed by atoms with Gasteiger partial charge < -0.3 is 9.67 Å². The first kappa shape index (κ1) is 8.61.